The summed E-state index contributed by atoms with van der Waals surface area (Å²) in [5, 5.41) is 10.1. The summed E-state index contributed by atoms with van der Waals surface area (Å²) in [6.45, 7) is -1.29. The van der Waals surface area contributed by atoms with E-state index in [2.05, 4.69) is 15.0 Å². The minimum absolute atomic E-state index is 0.0171. The van der Waals surface area contributed by atoms with Crippen LogP contribution in [0.15, 0.2) is 43.0 Å². The number of alkyl halides is 2. The number of amides is 1. The van der Waals surface area contributed by atoms with Gasteiger partial charge >= 0.3 is 6.61 Å². The van der Waals surface area contributed by atoms with Crippen molar-refractivity contribution < 1.29 is 23.4 Å². The zero-order valence-electron chi connectivity index (χ0n) is 21.2. The molecule has 0 radical (unpaired) electrons. The van der Waals surface area contributed by atoms with Crippen LogP contribution < -0.4 is 10.5 Å². The number of nitrogens with two attached hydrogens (primary N) is 1. The fourth-order valence-electron chi connectivity index (χ4n) is 6.57. The second kappa shape index (κ2) is 7.99. The van der Waals surface area contributed by atoms with E-state index in [9.17, 15) is 18.7 Å². The van der Waals surface area contributed by atoms with E-state index >= 15 is 0 Å². The van der Waals surface area contributed by atoms with Gasteiger partial charge in [0.2, 0.25) is 5.78 Å². The minimum Gasteiger partial charge on any atom is -0.434 e. The van der Waals surface area contributed by atoms with Crippen LogP contribution in [-0.4, -0.2) is 59.5 Å². The Labute approximate surface area is 221 Å². The Morgan fingerprint density at radius 2 is 1.87 bits per heavy atom. The van der Waals surface area contributed by atoms with Gasteiger partial charge in [-0.2, -0.15) is 8.78 Å². The van der Waals surface area contributed by atoms with E-state index in [-0.39, 0.29) is 17.7 Å². The van der Waals surface area contributed by atoms with Gasteiger partial charge in [0, 0.05) is 72.8 Å². The zero-order valence-corrected chi connectivity index (χ0v) is 21.2. The molecule has 0 saturated heterocycles. The van der Waals surface area contributed by atoms with Crippen molar-refractivity contribution in [2.24, 2.45) is 5.73 Å². The lowest BCUT2D eigenvalue weighted by atomic mass is 9.66. The van der Waals surface area contributed by atoms with Crippen molar-refractivity contribution in [3.8, 4) is 16.9 Å². The summed E-state index contributed by atoms with van der Waals surface area (Å²) in [6.07, 6.45) is 8.13. The van der Waals surface area contributed by atoms with Gasteiger partial charge < -0.3 is 20.5 Å². The lowest BCUT2D eigenvalue weighted by Crippen LogP contribution is -2.59. The largest absolute Gasteiger partial charge is 0.434 e. The molecule has 1 fully saturated rings. The predicted octanol–water partition coefficient (Wildman–Crippen LogP) is 3.15. The van der Waals surface area contributed by atoms with Gasteiger partial charge in [-0.05, 0) is 25.5 Å². The highest BCUT2D eigenvalue weighted by atomic mass is 19.3. The third kappa shape index (κ3) is 3.54. The average Bonchev–Trinajstić information content (AvgIpc) is 3.40. The lowest BCUT2D eigenvalue weighted by Gasteiger charge is -2.48. The topological polar surface area (TPSA) is 132 Å². The van der Waals surface area contributed by atoms with Gasteiger partial charge in [-0.3, -0.25) is 9.20 Å². The van der Waals surface area contributed by atoms with E-state index in [4.69, 9.17) is 15.5 Å². The number of fused-ring (bicyclic) bond motifs is 9. The maximum Gasteiger partial charge on any atom is 0.387 e. The quantitative estimate of drug-likeness (QED) is 0.409. The van der Waals surface area contributed by atoms with Crippen molar-refractivity contribution in [2.75, 3.05) is 7.05 Å². The highest BCUT2D eigenvalue weighted by Crippen LogP contribution is 2.52. The van der Waals surface area contributed by atoms with Crippen molar-refractivity contribution in [1.82, 2.24) is 29.2 Å². The molecule has 4 aromatic rings. The standard InChI is InChI=1S/C27H25F2N7O3/c1-26(38)11-27(30,12-26)23-31-7-13(8-32-23)14-9-33-25-34-20-17-6-16(21(20)36(25)10-14)19-15(22(37)35(17)2)4-3-5-18(19)39-24(28)29/h3-5,7-10,16-17,24,38H,6,11-12,30H2,1-2H3. The molecular formula is C27H25F2N7O3. The van der Waals surface area contributed by atoms with Crippen molar-refractivity contribution in [1.29, 1.82) is 0 Å². The van der Waals surface area contributed by atoms with Gasteiger partial charge in [0.25, 0.3) is 5.91 Å². The van der Waals surface area contributed by atoms with Gasteiger partial charge in [-0.1, -0.05) is 6.07 Å². The number of imidazole rings is 1. The maximum absolute atomic E-state index is 13.3. The first kappa shape index (κ1) is 24.0. The molecule has 39 heavy (non-hydrogen) atoms. The average molecular weight is 534 g/mol. The normalized spacial score (nSPS) is 27.4. The molecule has 1 aliphatic heterocycles. The predicted molar refractivity (Wildman–Crippen MR) is 134 cm³/mol. The summed E-state index contributed by atoms with van der Waals surface area (Å²) in [5.41, 5.74) is 8.47. The molecule has 1 saturated carbocycles. The Morgan fingerprint density at radius 1 is 1.15 bits per heavy atom. The molecule has 3 N–H and O–H groups in total. The van der Waals surface area contributed by atoms with Crippen molar-refractivity contribution in [3.05, 3.63) is 71.3 Å². The van der Waals surface area contributed by atoms with Crippen LogP contribution >= 0.6 is 0 Å². The highest BCUT2D eigenvalue weighted by Gasteiger charge is 2.51. The first-order chi connectivity index (χ1) is 18.5. The van der Waals surface area contributed by atoms with Crippen molar-refractivity contribution >= 4 is 11.7 Å². The number of benzene rings is 1. The summed E-state index contributed by atoms with van der Waals surface area (Å²) in [7, 11) is 1.70. The molecule has 1 aromatic carbocycles. The fourth-order valence-corrected chi connectivity index (χ4v) is 6.57. The molecule has 12 heteroatoms. The van der Waals surface area contributed by atoms with Crippen LogP contribution in [0.25, 0.3) is 16.9 Å². The van der Waals surface area contributed by atoms with Gasteiger partial charge in [0.05, 0.1) is 28.6 Å². The Hall–Kier alpha value is -4.03. The van der Waals surface area contributed by atoms with Crippen LogP contribution in [0.1, 0.15) is 71.3 Å². The molecule has 2 atom stereocenters. The molecule has 4 heterocycles. The molecule has 2 unspecified atom stereocenters. The number of carbonyl (C=O) groups is 1. The highest BCUT2D eigenvalue weighted by molar-refractivity contribution is 5.98. The number of carbonyl (C=O) groups excluding carboxylic acids is 1. The molecular weight excluding hydrogens is 508 g/mol. The van der Waals surface area contributed by atoms with E-state index in [1.165, 1.54) is 6.07 Å². The van der Waals surface area contributed by atoms with E-state index < -0.39 is 23.7 Å². The van der Waals surface area contributed by atoms with Gasteiger partial charge in [0.15, 0.2) is 0 Å². The molecule has 3 aromatic heterocycles. The zero-order chi connectivity index (χ0) is 27.3. The van der Waals surface area contributed by atoms with Crippen LogP contribution in [0.5, 0.6) is 5.75 Å². The van der Waals surface area contributed by atoms with E-state index in [0.717, 1.165) is 11.3 Å². The number of rotatable bonds is 4. The summed E-state index contributed by atoms with van der Waals surface area (Å²) < 4.78 is 33.4. The molecule has 200 valence electrons. The lowest BCUT2D eigenvalue weighted by molar-refractivity contribution is -0.0769. The minimum atomic E-state index is -3.03. The van der Waals surface area contributed by atoms with Crippen molar-refractivity contribution in [3.63, 3.8) is 0 Å². The molecule has 10 nitrogen and oxygen atoms in total. The summed E-state index contributed by atoms with van der Waals surface area (Å²) >= 11 is 0. The number of hydrogen-bond donors (Lipinski definition) is 2. The van der Waals surface area contributed by atoms with Crippen LogP contribution in [0, 0.1) is 0 Å². The SMILES string of the molecule is CN1C(=O)c2cccc(OC(F)F)c2C2CC1c1nc3ncc(-c4cnc(C5(N)CC(C)(O)C5)nc4)cn3c12. The van der Waals surface area contributed by atoms with Crippen molar-refractivity contribution in [2.45, 2.75) is 55.9 Å². The second-order valence-electron chi connectivity index (χ2n) is 11.0. The third-order valence-corrected chi connectivity index (χ3v) is 8.12. The number of halogens is 2. The molecule has 2 aliphatic carbocycles. The Bertz CT molecular complexity index is 1650. The maximum atomic E-state index is 13.3. The summed E-state index contributed by atoms with van der Waals surface area (Å²) in [4.78, 5) is 33.1. The van der Waals surface area contributed by atoms with Gasteiger partial charge in [-0.25, -0.2) is 19.9 Å². The smallest absolute Gasteiger partial charge is 0.387 e. The third-order valence-electron chi connectivity index (χ3n) is 8.12. The van der Waals surface area contributed by atoms with Crippen LogP contribution in [0.2, 0.25) is 0 Å². The Balaban J connectivity index is 1.33. The first-order valence-electron chi connectivity index (χ1n) is 12.6. The Kier molecular flexibility index (Phi) is 4.93. The second-order valence-corrected chi connectivity index (χ2v) is 11.0. The molecule has 0 spiro atoms. The molecule has 1 amide bonds. The number of aromatic nitrogens is 5. The summed E-state index contributed by atoms with van der Waals surface area (Å²) in [6, 6.07) is 4.33. The molecule has 3 aliphatic rings. The fraction of sp³-hybridized carbons (Fsp3) is 0.370. The van der Waals surface area contributed by atoms with Crippen LogP contribution in [-0.2, 0) is 5.54 Å². The molecule has 7 rings (SSSR count). The number of ether oxygens (including phenoxy) is 1. The van der Waals surface area contributed by atoms with E-state index in [0.29, 0.717) is 53.2 Å². The number of nitrogens with zero attached hydrogens (tertiary/aromatic N) is 6. The Morgan fingerprint density at radius 3 is 2.56 bits per heavy atom. The van der Waals surface area contributed by atoms with Crippen LogP contribution in [0.4, 0.5) is 8.78 Å². The van der Waals surface area contributed by atoms with Gasteiger partial charge in [0.1, 0.15) is 11.6 Å². The van der Waals surface area contributed by atoms with E-state index in [1.807, 2.05) is 10.6 Å². The first-order valence-corrected chi connectivity index (χ1v) is 12.6. The number of hydrogen-bond acceptors (Lipinski definition) is 8. The summed E-state index contributed by atoms with van der Waals surface area (Å²) in [5.74, 6) is 0.215. The van der Waals surface area contributed by atoms with E-state index in [1.54, 1.807) is 49.6 Å². The van der Waals surface area contributed by atoms with Gasteiger partial charge in [-0.15, -0.1) is 0 Å². The van der Waals surface area contributed by atoms with Crippen LogP contribution in [0.3, 0.4) is 0 Å². The monoisotopic (exact) mass is 533 g/mol. The molecule has 2 bridgehead atoms. The number of aliphatic hydroxyl groups is 1.